The van der Waals surface area contributed by atoms with E-state index in [1.165, 1.54) is 11.8 Å². The molecule has 33 heavy (non-hydrogen) atoms. The zero-order valence-electron chi connectivity index (χ0n) is 17.8. The summed E-state index contributed by atoms with van der Waals surface area (Å²) in [6.45, 7) is 3.20. The first-order valence-electron chi connectivity index (χ1n) is 10.9. The fraction of sp³-hybridized carbons (Fsp3) is 0.318. The Labute approximate surface area is 195 Å². The van der Waals surface area contributed by atoms with Crippen molar-refractivity contribution in [2.45, 2.75) is 11.3 Å². The standard InChI is InChI=1S/C22H22N6O3S2/c29-20(15-6-7-18-19(14-15)32-22-25-33(30,31)13-12-28(18)22)26-8-3-9-27(11-10-26)21-23-16-4-1-2-5-17(16)24-21/h1-2,4-7,14H,3,8-13H2,(H,23,24). The molecule has 0 radical (unpaired) electrons. The van der Waals surface area contributed by atoms with Crippen molar-refractivity contribution in [2.75, 3.05) is 48.3 Å². The first-order chi connectivity index (χ1) is 16.0. The second-order valence-electron chi connectivity index (χ2n) is 8.31. The molecule has 11 heteroatoms. The molecule has 4 heterocycles. The van der Waals surface area contributed by atoms with Gasteiger partial charge in [-0.3, -0.25) is 4.79 Å². The Hall–Kier alpha value is -3.05. The molecular formula is C22H22N6O3S2. The van der Waals surface area contributed by atoms with Crippen LogP contribution in [-0.2, 0) is 10.0 Å². The second kappa shape index (κ2) is 7.77. The number of thioether (sulfide) groups is 1. The van der Waals surface area contributed by atoms with Gasteiger partial charge in [0.15, 0.2) is 5.17 Å². The van der Waals surface area contributed by atoms with Gasteiger partial charge in [-0.25, -0.2) is 13.4 Å². The van der Waals surface area contributed by atoms with E-state index in [1.807, 2.05) is 52.3 Å². The number of hydrogen-bond donors (Lipinski definition) is 1. The number of carbonyl (C=O) groups is 1. The molecule has 6 rings (SSSR count). The largest absolute Gasteiger partial charge is 0.341 e. The van der Waals surface area contributed by atoms with Crippen LogP contribution in [0.15, 0.2) is 51.8 Å². The molecule has 0 spiro atoms. The fourth-order valence-electron chi connectivity index (χ4n) is 4.47. The number of benzene rings is 2. The highest BCUT2D eigenvalue weighted by Crippen LogP contribution is 2.42. The van der Waals surface area contributed by atoms with Gasteiger partial charge in [0, 0.05) is 43.2 Å². The van der Waals surface area contributed by atoms with Gasteiger partial charge in [0.2, 0.25) is 5.95 Å². The lowest BCUT2D eigenvalue weighted by atomic mass is 10.1. The first-order valence-corrected chi connectivity index (χ1v) is 13.3. The van der Waals surface area contributed by atoms with Gasteiger partial charge >= 0.3 is 0 Å². The number of anilines is 2. The number of amidine groups is 1. The van der Waals surface area contributed by atoms with Crippen molar-refractivity contribution in [3.63, 3.8) is 0 Å². The van der Waals surface area contributed by atoms with Crippen LogP contribution in [0.4, 0.5) is 11.6 Å². The average molecular weight is 483 g/mol. The lowest BCUT2D eigenvalue weighted by Gasteiger charge is -2.23. The van der Waals surface area contributed by atoms with Crippen LogP contribution in [0.5, 0.6) is 0 Å². The molecule has 3 aromatic rings. The van der Waals surface area contributed by atoms with Gasteiger partial charge in [-0.1, -0.05) is 12.1 Å². The van der Waals surface area contributed by atoms with E-state index in [1.54, 1.807) is 0 Å². The lowest BCUT2D eigenvalue weighted by molar-refractivity contribution is 0.0766. The molecule has 1 fully saturated rings. The molecule has 1 aromatic heterocycles. The van der Waals surface area contributed by atoms with Crippen LogP contribution in [-0.4, -0.2) is 72.8 Å². The van der Waals surface area contributed by atoms with Crippen molar-refractivity contribution in [2.24, 2.45) is 4.40 Å². The summed E-state index contributed by atoms with van der Waals surface area (Å²) in [5.74, 6) is 0.836. The third kappa shape index (κ3) is 3.74. The summed E-state index contributed by atoms with van der Waals surface area (Å²) < 4.78 is 27.6. The van der Waals surface area contributed by atoms with E-state index in [0.29, 0.717) is 36.9 Å². The van der Waals surface area contributed by atoms with E-state index >= 15 is 0 Å². The van der Waals surface area contributed by atoms with Crippen molar-refractivity contribution in [3.05, 3.63) is 48.0 Å². The maximum absolute atomic E-state index is 13.3. The minimum absolute atomic E-state index is 0.00664. The van der Waals surface area contributed by atoms with Gasteiger partial charge in [0.1, 0.15) is 0 Å². The van der Waals surface area contributed by atoms with E-state index in [-0.39, 0.29) is 11.7 Å². The van der Waals surface area contributed by atoms with Crippen molar-refractivity contribution < 1.29 is 13.2 Å². The van der Waals surface area contributed by atoms with Crippen LogP contribution in [0.2, 0.25) is 0 Å². The molecule has 3 aliphatic rings. The number of imidazole rings is 1. The van der Waals surface area contributed by atoms with E-state index < -0.39 is 10.0 Å². The van der Waals surface area contributed by atoms with Crippen LogP contribution in [0.3, 0.4) is 0 Å². The van der Waals surface area contributed by atoms with Gasteiger partial charge in [-0.2, -0.15) is 0 Å². The number of rotatable bonds is 2. The minimum atomic E-state index is -3.40. The smallest absolute Gasteiger partial charge is 0.257 e. The van der Waals surface area contributed by atoms with Crippen LogP contribution in [0.25, 0.3) is 11.0 Å². The number of hydrogen-bond acceptors (Lipinski definition) is 7. The first kappa shape index (κ1) is 20.5. The lowest BCUT2D eigenvalue weighted by Crippen LogP contribution is -2.36. The molecule has 3 aliphatic heterocycles. The number of aromatic amines is 1. The van der Waals surface area contributed by atoms with Crippen molar-refractivity contribution in [1.29, 1.82) is 0 Å². The van der Waals surface area contributed by atoms with Crippen LogP contribution in [0.1, 0.15) is 16.8 Å². The average Bonchev–Trinajstić information content (AvgIpc) is 3.29. The Balaban J connectivity index is 1.18. The number of aromatic nitrogens is 2. The highest BCUT2D eigenvalue weighted by atomic mass is 32.2. The third-order valence-corrected chi connectivity index (χ3v) is 8.49. The highest BCUT2D eigenvalue weighted by Gasteiger charge is 2.34. The number of amides is 1. The Morgan fingerprint density at radius 3 is 2.79 bits per heavy atom. The van der Waals surface area contributed by atoms with E-state index in [2.05, 4.69) is 14.3 Å². The van der Waals surface area contributed by atoms with Crippen LogP contribution < -0.4 is 9.80 Å². The molecule has 0 unspecified atom stereocenters. The predicted molar refractivity (Wildman–Crippen MR) is 130 cm³/mol. The van der Waals surface area contributed by atoms with Crippen molar-refractivity contribution in [1.82, 2.24) is 14.9 Å². The summed E-state index contributed by atoms with van der Waals surface area (Å²) in [5, 5.41) is 0.470. The number of sulfonamides is 1. The van der Waals surface area contributed by atoms with Gasteiger partial charge in [-0.15, -0.1) is 4.40 Å². The molecule has 0 atom stereocenters. The van der Waals surface area contributed by atoms with Crippen molar-refractivity contribution in [3.8, 4) is 0 Å². The Bertz CT molecular complexity index is 1370. The SMILES string of the molecule is O=C(c1ccc2c(c1)SC1=NS(=O)(=O)CCN12)N1CCCN(c2nc3ccccc3[nH]2)CC1. The monoisotopic (exact) mass is 482 g/mol. The molecule has 1 amide bonds. The van der Waals surface area contributed by atoms with Crippen LogP contribution >= 0.6 is 11.8 Å². The van der Waals surface area contributed by atoms with Crippen molar-refractivity contribution >= 4 is 55.5 Å². The quantitative estimate of drug-likeness (QED) is 0.599. The summed E-state index contributed by atoms with van der Waals surface area (Å²) in [4.78, 5) is 28.2. The second-order valence-corrected chi connectivity index (χ2v) is 11.1. The van der Waals surface area contributed by atoms with E-state index in [0.717, 1.165) is 40.5 Å². The van der Waals surface area contributed by atoms with Crippen LogP contribution in [0, 0.1) is 0 Å². The highest BCUT2D eigenvalue weighted by molar-refractivity contribution is 8.15. The molecule has 1 saturated heterocycles. The minimum Gasteiger partial charge on any atom is -0.341 e. The molecule has 0 bridgehead atoms. The number of nitrogens with zero attached hydrogens (tertiary/aromatic N) is 5. The predicted octanol–water partition coefficient (Wildman–Crippen LogP) is 2.53. The Morgan fingerprint density at radius 2 is 1.91 bits per heavy atom. The number of para-hydroxylation sites is 2. The summed E-state index contributed by atoms with van der Waals surface area (Å²) >= 11 is 1.31. The molecule has 0 saturated carbocycles. The summed E-state index contributed by atoms with van der Waals surface area (Å²) in [6, 6.07) is 13.5. The van der Waals surface area contributed by atoms with E-state index in [9.17, 15) is 13.2 Å². The summed E-state index contributed by atoms with van der Waals surface area (Å²) in [7, 11) is -3.40. The Morgan fingerprint density at radius 1 is 1.03 bits per heavy atom. The molecule has 1 N–H and O–H groups in total. The third-order valence-electron chi connectivity index (χ3n) is 6.18. The van der Waals surface area contributed by atoms with Gasteiger partial charge < -0.3 is 19.7 Å². The Kier molecular flexibility index (Phi) is 4.84. The maximum Gasteiger partial charge on any atom is 0.257 e. The van der Waals surface area contributed by atoms with Gasteiger partial charge in [0.25, 0.3) is 15.9 Å². The van der Waals surface area contributed by atoms with Gasteiger partial charge in [-0.05, 0) is 48.5 Å². The zero-order chi connectivity index (χ0) is 22.6. The maximum atomic E-state index is 13.3. The van der Waals surface area contributed by atoms with E-state index in [4.69, 9.17) is 4.98 Å². The summed E-state index contributed by atoms with van der Waals surface area (Å²) in [5.41, 5.74) is 3.47. The normalized spacial score (nSPS) is 19.8. The summed E-state index contributed by atoms with van der Waals surface area (Å²) in [6.07, 6.45) is 0.852. The van der Waals surface area contributed by atoms with Gasteiger partial charge in [0.05, 0.1) is 22.5 Å². The zero-order valence-corrected chi connectivity index (χ0v) is 19.4. The number of H-pyrrole nitrogens is 1. The number of nitrogens with one attached hydrogen (secondary N) is 1. The molecule has 2 aromatic carbocycles. The molecule has 9 nitrogen and oxygen atoms in total. The topological polar surface area (TPSA) is 102 Å². The molecule has 170 valence electrons. The molecular weight excluding hydrogens is 460 g/mol. The molecule has 0 aliphatic carbocycles. The fourth-order valence-corrected chi connectivity index (χ4v) is 6.76. The number of fused-ring (bicyclic) bond motifs is 4. The number of carbonyl (C=O) groups excluding carboxylic acids is 1.